The van der Waals surface area contributed by atoms with Crippen molar-refractivity contribution in [1.29, 1.82) is 0 Å². The second-order valence-corrected chi connectivity index (χ2v) is 4.69. The van der Waals surface area contributed by atoms with E-state index in [9.17, 15) is 4.79 Å². The number of hydrogen-bond donors (Lipinski definition) is 1. The molecule has 3 rings (SSSR count). The third kappa shape index (κ3) is 3.09. The van der Waals surface area contributed by atoms with E-state index in [0.717, 1.165) is 37.2 Å². The van der Waals surface area contributed by atoms with Crippen LogP contribution in [0.5, 0.6) is 11.6 Å². The monoisotopic (exact) mass is 304 g/mol. The molecule has 1 N–H and O–H groups in total. The molecular formula is C15H20N4O3. The SMILES string of the molecule is C.COc1cc(C=O)c(OCc2cnn3c2CNCC3)cn1. The summed E-state index contributed by atoms with van der Waals surface area (Å²) >= 11 is 0. The van der Waals surface area contributed by atoms with Gasteiger partial charge in [0.05, 0.1) is 37.3 Å². The van der Waals surface area contributed by atoms with E-state index < -0.39 is 0 Å². The van der Waals surface area contributed by atoms with E-state index in [0.29, 0.717) is 23.8 Å². The lowest BCUT2D eigenvalue weighted by Gasteiger charge is -2.16. The van der Waals surface area contributed by atoms with E-state index in [2.05, 4.69) is 15.4 Å². The summed E-state index contributed by atoms with van der Waals surface area (Å²) in [5, 5.41) is 7.63. The zero-order valence-electron chi connectivity index (χ0n) is 11.7. The lowest BCUT2D eigenvalue weighted by atomic mass is 10.2. The Labute approximate surface area is 129 Å². The number of carbonyl (C=O) groups is 1. The highest BCUT2D eigenvalue weighted by Crippen LogP contribution is 2.22. The molecule has 1 aliphatic heterocycles. The minimum Gasteiger partial charge on any atom is -0.486 e. The van der Waals surface area contributed by atoms with Crippen LogP contribution in [-0.4, -0.2) is 34.7 Å². The Kier molecular flexibility index (Phi) is 5.11. The molecule has 3 heterocycles. The van der Waals surface area contributed by atoms with Crippen molar-refractivity contribution in [3.63, 3.8) is 0 Å². The van der Waals surface area contributed by atoms with Crippen molar-refractivity contribution in [2.45, 2.75) is 27.1 Å². The number of aldehydes is 1. The van der Waals surface area contributed by atoms with Gasteiger partial charge in [0.25, 0.3) is 0 Å². The van der Waals surface area contributed by atoms with Gasteiger partial charge in [0.2, 0.25) is 5.88 Å². The van der Waals surface area contributed by atoms with Crippen LogP contribution in [0.1, 0.15) is 29.0 Å². The second-order valence-electron chi connectivity index (χ2n) is 4.69. The van der Waals surface area contributed by atoms with Gasteiger partial charge in [-0.05, 0) is 0 Å². The van der Waals surface area contributed by atoms with Gasteiger partial charge >= 0.3 is 0 Å². The number of carbonyl (C=O) groups excluding carboxylic acids is 1. The first kappa shape index (κ1) is 16.0. The number of pyridine rings is 1. The number of ether oxygens (including phenoxy) is 2. The van der Waals surface area contributed by atoms with Gasteiger partial charge in [-0.1, -0.05) is 7.43 Å². The van der Waals surface area contributed by atoms with Gasteiger partial charge in [-0.2, -0.15) is 5.10 Å². The van der Waals surface area contributed by atoms with Crippen molar-refractivity contribution in [3.05, 3.63) is 35.3 Å². The number of rotatable bonds is 5. The molecule has 1 aliphatic rings. The summed E-state index contributed by atoms with van der Waals surface area (Å²) in [4.78, 5) is 15.2. The van der Waals surface area contributed by atoms with Crippen LogP contribution < -0.4 is 14.8 Å². The Balaban J connectivity index is 0.00000176. The van der Waals surface area contributed by atoms with Crippen LogP contribution in [0.25, 0.3) is 0 Å². The average molecular weight is 304 g/mol. The average Bonchev–Trinajstić information content (AvgIpc) is 2.96. The Bertz CT molecular complexity index is 654. The first-order valence-corrected chi connectivity index (χ1v) is 6.68. The molecule has 0 fully saturated rings. The molecule has 0 unspecified atom stereocenters. The van der Waals surface area contributed by atoms with Gasteiger partial charge in [-0.25, -0.2) is 4.98 Å². The zero-order valence-corrected chi connectivity index (χ0v) is 11.7. The van der Waals surface area contributed by atoms with Crippen molar-refractivity contribution < 1.29 is 14.3 Å². The van der Waals surface area contributed by atoms with Gasteiger partial charge in [0.1, 0.15) is 12.4 Å². The Morgan fingerprint density at radius 3 is 3.09 bits per heavy atom. The fourth-order valence-corrected chi connectivity index (χ4v) is 2.28. The maximum atomic E-state index is 11.1. The molecule has 0 saturated carbocycles. The van der Waals surface area contributed by atoms with Gasteiger partial charge in [-0.3, -0.25) is 9.48 Å². The van der Waals surface area contributed by atoms with Crippen LogP contribution in [0.15, 0.2) is 18.5 Å². The van der Waals surface area contributed by atoms with Crippen LogP contribution in [0.4, 0.5) is 0 Å². The van der Waals surface area contributed by atoms with Crippen LogP contribution in [0.2, 0.25) is 0 Å². The van der Waals surface area contributed by atoms with Crippen molar-refractivity contribution >= 4 is 6.29 Å². The number of nitrogens with zero attached hydrogens (tertiary/aromatic N) is 3. The van der Waals surface area contributed by atoms with Gasteiger partial charge in [0, 0.05) is 24.7 Å². The number of nitrogens with one attached hydrogen (secondary N) is 1. The summed E-state index contributed by atoms with van der Waals surface area (Å²) in [6.07, 6.45) is 4.03. The van der Waals surface area contributed by atoms with Crippen LogP contribution in [0.3, 0.4) is 0 Å². The lowest BCUT2D eigenvalue weighted by Crippen LogP contribution is -2.29. The summed E-state index contributed by atoms with van der Waals surface area (Å²) in [5.74, 6) is 0.825. The highest BCUT2D eigenvalue weighted by atomic mass is 16.5. The normalized spacial score (nSPS) is 13.0. The highest BCUT2D eigenvalue weighted by molar-refractivity contribution is 5.79. The van der Waals surface area contributed by atoms with E-state index >= 15 is 0 Å². The molecule has 22 heavy (non-hydrogen) atoms. The van der Waals surface area contributed by atoms with E-state index in [4.69, 9.17) is 9.47 Å². The van der Waals surface area contributed by atoms with Gasteiger partial charge in [0.15, 0.2) is 6.29 Å². The minimum atomic E-state index is 0. The molecule has 0 atom stereocenters. The molecule has 2 aromatic rings. The van der Waals surface area contributed by atoms with Crippen molar-refractivity contribution in [2.75, 3.05) is 13.7 Å². The zero-order chi connectivity index (χ0) is 14.7. The number of methoxy groups -OCH3 is 1. The van der Waals surface area contributed by atoms with Crippen LogP contribution in [0, 0.1) is 0 Å². The summed E-state index contributed by atoms with van der Waals surface area (Å²) in [6, 6.07) is 1.55. The van der Waals surface area contributed by atoms with Crippen molar-refractivity contribution in [2.24, 2.45) is 0 Å². The molecule has 0 bridgehead atoms. The van der Waals surface area contributed by atoms with E-state index in [1.165, 1.54) is 13.3 Å². The van der Waals surface area contributed by atoms with Crippen LogP contribution in [-0.2, 0) is 19.7 Å². The predicted octanol–water partition coefficient (Wildman–Crippen LogP) is 1.42. The maximum Gasteiger partial charge on any atom is 0.213 e. The van der Waals surface area contributed by atoms with Gasteiger partial charge in [-0.15, -0.1) is 0 Å². The topological polar surface area (TPSA) is 78.3 Å². The van der Waals surface area contributed by atoms with Gasteiger partial charge < -0.3 is 14.8 Å². The smallest absolute Gasteiger partial charge is 0.213 e. The molecular weight excluding hydrogens is 284 g/mol. The Hall–Kier alpha value is -2.41. The number of aromatic nitrogens is 3. The fraction of sp³-hybridized carbons (Fsp3) is 0.400. The Morgan fingerprint density at radius 2 is 2.32 bits per heavy atom. The summed E-state index contributed by atoms with van der Waals surface area (Å²) in [5.41, 5.74) is 2.55. The molecule has 2 aromatic heterocycles. The van der Waals surface area contributed by atoms with Crippen molar-refractivity contribution in [3.8, 4) is 11.6 Å². The summed E-state index contributed by atoms with van der Waals surface area (Å²) in [7, 11) is 1.50. The standard InChI is InChI=1S/C14H16N4O3.CH4/c1-20-14-4-10(8-19)13(7-16-14)21-9-11-5-17-18-3-2-15-6-12(11)18;/h4-5,7-8,15H,2-3,6,9H2,1H3;1H4. The molecule has 118 valence electrons. The third-order valence-electron chi connectivity index (χ3n) is 3.42. The molecule has 0 saturated heterocycles. The number of hydrogen-bond acceptors (Lipinski definition) is 6. The minimum absolute atomic E-state index is 0. The first-order valence-electron chi connectivity index (χ1n) is 6.68. The quantitative estimate of drug-likeness (QED) is 0.842. The van der Waals surface area contributed by atoms with Crippen molar-refractivity contribution in [1.82, 2.24) is 20.1 Å². The molecule has 0 aliphatic carbocycles. The largest absolute Gasteiger partial charge is 0.486 e. The lowest BCUT2D eigenvalue weighted by molar-refractivity contribution is 0.111. The third-order valence-corrected chi connectivity index (χ3v) is 3.42. The molecule has 7 nitrogen and oxygen atoms in total. The second kappa shape index (κ2) is 7.04. The maximum absolute atomic E-state index is 11.1. The Morgan fingerprint density at radius 1 is 1.45 bits per heavy atom. The highest BCUT2D eigenvalue weighted by Gasteiger charge is 2.15. The van der Waals surface area contributed by atoms with E-state index in [1.807, 2.05) is 4.68 Å². The molecule has 0 radical (unpaired) electrons. The molecule has 0 amide bonds. The number of fused-ring (bicyclic) bond motifs is 1. The summed E-state index contributed by atoms with van der Waals surface area (Å²) < 4.78 is 12.7. The molecule has 0 spiro atoms. The van der Waals surface area contributed by atoms with E-state index in [1.54, 1.807) is 12.3 Å². The molecule has 0 aromatic carbocycles. The summed E-state index contributed by atoms with van der Waals surface area (Å²) in [6.45, 7) is 2.91. The van der Waals surface area contributed by atoms with Crippen LogP contribution >= 0.6 is 0 Å². The molecule has 7 heteroatoms. The first-order chi connectivity index (χ1) is 10.3. The fourth-order valence-electron chi connectivity index (χ4n) is 2.28. The predicted molar refractivity (Wildman–Crippen MR) is 81.2 cm³/mol. The van der Waals surface area contributed by atoms with E-state index in [-0.39, 0.29) is 7.43 Å².